The summed E-state index contributed by atoms with van der Waals surface area (Å²) in [5, 5.41) is 20.9. The van der Waals surface area contributed by atoms with Crippen LogP contribution in [0.1, 0.15) is 11.5 Å². The van der Waals surface area contributed by atoms with Crippen molar-refractivity contribution in [1.29, 1.82) is 5.26 Å². The molecule has 1 aliphatic heterocycles. The number of benzene rings is 3. The summed E-state index contributed by atoms with van der Waals surface area (Å²) < 4.78 is 10.7. The summed E-state index contributed by atoms with van der Waals surface area (Å²) in [5.74, 6) is -2.76. The van der Waals surface area contributed by atoms with Crippen LogP contribution in [0.2, 0.25) is 0 Å². The fourth-order valence-corrected chi connectivity index (χ4v) is 4.95. The number of phenolic OH excluding ortho intramolecular Hbond substituents is 1. The summed E-state index contributed by atoms with van der Waals surface area (Å²) in [4.78, 5) is 28.0. The van der Waals surface area contributed by atoms with Crippen LogP contribution >= 0.6 is 15.9 Å². The molecule has 0 fully saturated rings. The molecule has 0 saturated heterocycles. The maximum Gasteiger partial charge on any atom is 0.355 e. The fraction of sp³-hybridized carbons (Fsp3) is 0.107. The lowest BCUT2D eigenvalue weighted by Gasteiger charge is -2.37. The molecule has 0 aliphatic carbocycles. The Bertz CT molecular complexity index is 1490. The summed E-state index contributed by atoms with van der Waals surface area (Å²) in [5.41, 5.74) is 8.18. The number of phenols is 1. The second-order valence-corrected chi connectivity index (χ2v) is 8.84. The van der Waals surface area contributed by atoms with Crippen molar-refractivity contribution in [3.05, 3.63) is 105 Å². The molecule has 3 N–H and O–H groups in total. The van der Waals surface area contributed by atoms with Gasteiger partial charge in [0.25, 0.3) is 0 Å². The molecule has 0 spiro atoms. The van der Waals surface area contributed by atoms with E-state index in [0.717, 1.165) is 0 Å². The number of anilines is 1. The average Bonchev–Trinajstić information content (AvgIpc) is 2.92. The van der Waals surface area contributed by atoms with Crippen LogP contribution in [0.5, 0.6) is 5.75 Å². The first kappa shape index (κ1) is 25.5. The van der Waals surface area contributed by atoms with E-state index in [0.29, 0.717) is 26.9 Å². The SMILES string of the molecule is COC(=O)C1=C(C(=O)OC)N(c2c(Br)cccc2-c2ccccc2O)C(N)=C(C#N)C1c1ccccc1. The van der Waals surface area contributed by atoms with Crippen LogP contribution in [0, 0.1) is 11.3 Å². The molecule has 37 heavy (non-hydrogen) atoms. The highest BCUT2D eigenvalue weighted by Gasteiger charge is 2.44. The molecular weight excluding hydrogens is 538 g/mol. The topological polar surface area (TPSA) is 126 Å². The Morgan fingerprint density at radius 2 is 1.57 bits per heavy atom. The lowest BCUT2D eigenvalue weighted by Crippen LogP contribution is -2.41. The van der Waals surface area contributed by atoms with Crippen molar-refractivity contribution >= 4 is 33.6 Å². The number of methoxy groups -OCH3 is 2. The Kier molecular flexibility index (Phi) is 7.32. The maximum atomic E-state index is 13.4. The highest BCUT2D eigenvalue weighted by molar-refractivity contribution is 9.10. The Morgan fingerprint density at radius 3 is 2.19 bits per heavy atom. The van der Waals surface area contributed by atoms with Crippen LogP contribution in [-0.2, 0) is 19.1 Å². The molecule has 3 aromatic rings. The number of rotatable bonds is 5. The molecule has 0 bridgehead atoms. The van der Waals surface area contributed by atoms with Gasteiger partial charge in [0.1, 0.15) is 17.3 Å². The van der Waals surface area contributed by atoms with Gasteiger partial charge in [-0.25, -0.2) is 9.59 Å². The van der Waals surface area contributed by atoms with Gasteiger partial charge in [-0.15, -0.1) is 0 Å². The number of ether oxygens (including phenoxy) is 2. The van der Waals surface area contributed by atoms with Crippen molar-refractivity contribution in [3.8, 4) is 22.9 Å². The molecule has 8 nitrogen and oxygen atoms in total. The maximum absolute atomic E-state index is 13.4. The van der Waals surface area contributed by atoms with E-state index < -0.39 is 17.9 Å². The second-order valence-electron chi connectivity index (χ2n) is 7.99. The van der Waals surface area contributed by atoms with Crippen LogP contribution in [0.15, 0.2) is 99.9 Å². The molecule has 186 valence electrons. The largest absolute Gasteiger partial charge is 0.507 e. The highest BCUT2D eigenvalue weighted by Crippen LogP contribution is 2.48. The molecule has 1 atom stereocenters. The second kappa shape index (κ2) is 10.6. The number of nitrogens with zero attached hydrogens (tertiary/aromatic N) is 2. The van der Waals surface area contributed by atoms with Gasteiger partial charge in [-0.3, -0.25) is 4.90 Å². The molecule has 9 heteroatoms. The summed E-state index contributed by atoms with van der Waals surface area (Å²) in [7, 11) is 2.37. The van der Waals surface area contributed by atoms with Crippen molar-refractivity contribution < 1.29 is 24.2 Å². The van der Waals surface area contributed by atoms with Crippen LogP contribution in [0.25, 0.3) is 11.1 Å². The van der Waals surface area contributed by atoms with Gasteiger partial charge >= 0.3 is 11.9 Å². The zero-order chi connectivity index (χ0) is 26.7. The minimum Gasteiger partial charge on any atom is -0.507 e. The molecular formula is C28H22BrN3O5. The van der Waals surface area contributed by atoms with Crippen molar-refractivity contribution in [2.24, 2.45) is 5.73 Å². The molecule has 0 radical (unpaired) electrons. The summed E-state index contributed by atoms with van der Waals surface area (Å²) in [6, 6.07) is 22.7. The molecule has 1 unspecified atom stereocenters. The van der Waals surface area contributed by atoms with E-state index in [4.69, 9.17) is 15.2 Å². The van der Waals surface area contributed by atoms with Gasteiger partial charge in [-0.1, -0.05) is 60.7 Å². The number of nitrogens with two attached hydrogens (primary N) is 1. The monoisotopic (exact) mass is 559 g/mol. The van der Waals surface area contributed by atoms with E-state index in [-0.39, 0.29) is 28.4 Å². The van der Waals surface area contributed by atoms with E-state index in [1.54, 1.807) is 66.7 Å². The van der Waals surface area contributed by atoms with Gasteiger partial charge in [0.2, 0.25) is 0 Å². The van der Waals surface area contributed by atoms with Crippen molar-refractivity contribution in [2.45, 2.75) is 5.92 Å². The lowest BCUT2D eigenvalue weighted by molar-refractivity contribution is -0.139. The van der Waals surface area contributed by atoms with E-state index in [1.807, 2.05) is 0 Å². The minimum atomic E-state index is -0.986. The summed E-state index contributed by atoms with van der Waals surface area (Å²) in [6.45, 7) is 0. The number of allylic oxidation sites excluding steroid dienone is 1. The van der Waals surface area contributed by atoms with E-state index >= 15 is 0 Å². The fourth-order valence-electron chi connectivity index (χ4n) is 4.41. The predicted molar refractivity (Wildman–Crippen MR) is 141 cm³/mol. The zero-order valence-corrected chi connectivity index (χ0v) is 21.5. The van der Waals surface area contributed by atoms with E-state index in [2.05, 4.69) is 22.0 Å². The molecule has 0 amide bonds. The van der Waals surface area contributed by atoms with Gasteiger partial charge in [-0.05, 0) is 33.6 Å². The first-order valence-electron chi connectivity index (χ1n) is 11.1. The van der Waals surface area contributed by atoms with Gasteiger partial charge in [-0.2, -0.15) is 5.26 Å². The van der Waals surface area contributed by atoms with E-state index in [1.165, 1.54) is 25.2 Å². The Labute approximate surface area is 222 Å². The highest BCUT2D eigenvalue weighted by atomic mass is 79.9. The smallest absolute Gasteiger partial charge is 0.355 e. The van der Waals surface area contributed by atoms with Crippen LogP contribution in [0.3, 0.4) is 0 Å². The number of hydrogen-bond acceptors (Lipinski definition) is 8. The molecule has 0 saturated carbocycles. The minimum absolute atomic E-state index is 0.0131. The van der Waals surface area contributed by atoms with Crippen molar-refractivity contribution in [2.75, 3.05) is 19.1 Å². The zero-order valence-electron chi connectivity index (χ0n) is 19.9. The Hall–Kier alpha value is -4.55. The standard InChI is InChI=1S/C28H22BrN3O5/c1-36-27(34)23-22(16-9-4-3-5-10-16)19(15-30)26(31)32(25(23)28(35)37-2)24-18(12-8-13-20(24)29)17-11-6-7-14-21(17)33/h3-14,22,33H,31H2,1-2H3. The number of hydrogen-bond donors (Lipinski definition) is 2. The van der Waals surface area contributed by atoms with Crippen LogP contribution in [-0.4, -0.2) is 31.3 Å². The predicted octanol–water partition coefficient (Wildman–Crippen LogP) is 4.72. The number of carbonyl (C=O) groups excluding carboxylic acids is 2. The number of nitriles is 1. The number of para-hydroxylation sites is 2. The number of esters is 2. The third kappa shape index (κ3) is 4.43. The third-order valence-corrected chi connectivity index (χ3v) is 6.65. The van der Waals surface area contributed by atoms with Crippen LogP contribution in [0.4, 0.5) is 5.69 Å². The summed E-state index contributed by atoms with van der Waals surface area (Å²) >= 11 is 3.53. The lowest BCUT2D eigenvalue weighted by atomic mass is 9.80. The van der Waals surface area contributed by atoms with E-state index in [9.17, 15) is 20.0 Å². The van der Waals surface area contributed by atoms with Gasteiger partial charge < -0.3 is 20.3 Å². The Balaban J connectivity index is 2.15. The Morgan fingerprint density at radius 1 is 0.946 bits per heavy atom. The van der Waals surface area contributed by atoms with Crippen molar-refractivity contribution in [3.63, 3.8) is 0 Å². The molecule has 4 rings (SSSR count). The molecule has 1 heterocycles. The molecule has 0 aromatic heterocycles. The first-order chi connectivity index (χ1) is 17.8. The third-order valence-electron chi connectivity index (χ3n) is 6.01. The van der Waals surface area contributed by atoms with Gasteiger partial charge in [0.15, 0.2) is 0 Å². The van der Waals surface area contributed by atoms with Crippen molar-refractivity contribution in [1.82, 2.24) is 0 Å². The van der Waals surface area contributed by atoms with Gasteiger partial charge in [0, 0.05) is 15.6 Å². The quantitative estimate of drug-likeness (QED) is 0.430. The molecule has 1 aliphatic rings. The first-order valence-corrected chi connectivity index (χ1v) is 11.9. The normalized spacial score (nSPS) is 15.3. The average molecular weight is 560 g/mol. The molecule has 3 aromatic carbocycles. The number of aromatic hydroxyl groups is 1. The summed E-state index contributed by atoms with van der Waals surface area (Å²) in [6.07, 6.45) is 0. The number of halogens is 1. The van der Waals surface area contributed by atoms with Gasteiger partial charge in [0.05, 0.1) is 43.0 Å². The number of carbonyl (C=O) groups is 2. The van der Waals surface area contributed by atoms with Crippen LogP contribution < -0.4 is 10.6 Å².